The van der Waals surface area contributed by atoms with Crippen molar-refractivity contribution in [2.45, 2.75) is 52.2 Å². The van der Waals surface area contributed by atoms with Crippen LogP contribution in [0.15, 0.2) is 30.6 Å². The number of aliphatic hydroxyl groups excluding tert-OH is 1. The van der Waals surface area contributed by atoms with E-state index in [2.05, 4.69) is 62.4 Å². The van der Waals surface area contributed by atoms with E-state index in [4.69, 9.17) is 9.72 Å². The Labute approximate surface area is 217 Å². The molecule has 37 heavy (non-hydrogen) atoms. The SMILES string of the molecule is CCc1cc(Nc2ncc3c(n2)CN(c2cnc4c(c2C)NCCO4)CC3)ccc1N1CCC(O)CC1. The molecule has 9 heteroatoms. The lowest BCUT2D eigenvalue weighted by Gasteiger charge is -2.33. The van der Waals surface area contributed by atoms with Crippen LogP contribution in [0.25, 0.3) is 0 Å². The summed E-state index contributed by atoms with van der Waals surface area (Å²) in [7, 11) is 0. The van der Waals surface area contributed by atoms with Crippen molar-refractivity contribution in [3.05, 3.63) is 53.0 Å². The third-order valence-electron chi connectivity index (χ3n) is 7.73. The average molecular weight is 502 g/mol. The van der Waals surface area contributed by atoms with Gasteiger partial charge in [-0.1, -0.05) is 6.92 Å². The fourth-order valence-corrected chi connectivity index (χ4v) is 5.59. The zero-order chi connectivity index (χ0) is 25.4. The molecule has 0 aliphatic carbocycles. The number of rotatable bonds is 5. The predicted octanol–water partition coefficient (Wildman–Crippen LogP) is 3.81. The summed E-state index contributed by atoms with van der Waals surface area (Å²) >= 11 is 0. The van der Waals surface area contributed by atoms with E-state index in [0.717, 1.165) is 80.2 Å². The zero-order valence-electron chi connectivity index (χ0n) is 21.6. The third-order valence-corrected chi connectivity index (χ3v) is 7.73. The minimum absolute atomic E-state index is 0.169. The van der Waals surface area contributed by atoms with Crippen molar-refractivity contribution in [1.82, 2.24) is 15.0 Å². The molecule has 3 N–H and O–H groups in total. The molecule has 2 aromatic heterocycles. The highest BCUT2D eigenvalue weighted by molar-refractivity contribution is 5.70. The van der Waals surface area contributed by atoms with Gasteiger partial charge in [0, 0.05) is 49.3 Å². The molecule has 9 nitrogen and oxygen atoms in total. The zero-order valence-corrected chi connectivity index (χ0v) is 21.6. The van der Waals surface area contributed by atoms with E-state index in [1.54, 1.807) is 0 Å². The summed E-state index contributed by atoms with van der Waals surface area (Å²) in [6.07, 6.45) is 7.21. The van der Waals surface area contributed by atoms with E-state index in [0.29, 0.717) is 25.0 Å². The van der Waals surface area contributed by atoms with Crippen LogP contribution in [0.4, 0.5) is 28.7 Å². The number of benzene rings is 1. The number of nitrogens with zero attached hydrogens (tertiary/aromatic N) is 5. The van der Waals surface area contributed by atoms with Crippen LogP contribution in [0.5, 0.6) is 5.88 Å². The second kappa shape index (κ2) is 10.0. The van der Waals surface area contributed by atoms with Crippen LogP contribution in [0.1, 0.15) is 42.1 Å². The Morgan fingerprint density at radius 2 is 1.97 bits per heavy atom. The van der Waals surface area contributed by atoms with Gasteiger partial charge in [0.25, 0.3) is 0 Å². The van der Waals surface area contributed by atoms with Crippen LogP contribution in [0, 0.1) is 6.92 Å². The van der Waals surface area contributed by atoms with Crippen LogP contribution < -0.4 is 25.2 Å². The largest absolute Gasteiger partial charge is 0.474 e. The van der Waals surface area contributed by atoms with Gasteiger partial charge in [-0.3, -0.25) is 0 Å². The van der Waals surface area contributed by atoms with Crippen molar-refractivity contribution in [3.63, 3.8) is 0 Å². The summed E-state index contributed by atoms with van der Waals surface area (Å²) in [5, 5.41) is 16.7. The Morgan fingerprint density at radius 1 is 1.11 bits per heavy atom. The molecule has 5 heterocycles. The Kier molecular flexibility index (Phi) is 6.46. The van der Waals surface area contributed by atoms with E-state index in [9.17, 15) is 5.11 Å². The van der Waals surface area contributed by atoms with Gasteiger partial charge in [0.15, 0.2) is 0 Å². The molecule has 0 saturated carbocycles. The molecule has 0 atom stereocenters. The smallest absolute Gasteiger partial charge is 0.237 e. The van der Waals surface area contributed by atoms with E-state index >= 15 is 0 Å². The number of ether oxygens (including phenoxy) is 1. The van der Waals surface area contributed by atoms with Gasteiger partial charge in [-0.2, -0.15) is 0 Å². The predicted molar refractivity (Wildman–Crippen MR) is 146 cm³/mol. The van der Waals surface area contributed by atoms with Crippen LogP contribution in [-0.4, -0.2) is 58.9 Å². The Balaban J connectivity index is 1.20. The summed E-state index contributed by atoms with van der Waals surface area (Å²) in [6, 6.07) is 6.49. The molecule has 0 amide bonds. The molecule has 6 rings (SSSR count). The monoisotopic (exact) mass is 501 g/mol. The molecule has 3 aliphatic rings. The maximum absolute atomic E-state index is 9.87. The van der Waals surface area contributed by atoms with Gasteiger partial charge in [-0.25, -0.2) is 15.0 Å². The molecule has 0 spiro atoms. The quantitative estimate of drug-likeness (QED) is 0.482. The first-order valence-corrected chi connectivity index (χ1v) is 13.4. The number of aryl methyl sites for hydroxylation is 1. The minimum atomic E-state index is -0.169. The fraction of sp³-hybridized carbons (Fsp3) is 0.464. The van der Waals surface area contributed by atoms with Gasteiger partial charge in [0.2, 0.25) is 11.8 Å². The van der Waals surface area contributed by atoms with Gasteiger partial charge in [-0.15, -0.1) is 0 Å². The van der Waals surface area contributed by atoms with Crippen molar-refractivity contribution < 1.29 is 9.84 Å². The Hall–Kier alpha value is -3.59. The first kappa shape index (κ1) is 23.8. The molecule has 3 aromatic rings. The Morgan fingerprint density at radius 3 is 2.81 bits per heavy atom. The van der Waals surface area contributed by atoms with Gasteiger partial charge in [0.05, 0.1) is 30.2 Å². The van der Waals surface area contributed by atoms with Gasteiger partial charge >= 0.3 is 0 Å². The number of hydrogen-bond acceptors (Lipinski definition) is 9. The number of piperidine rings is 1. The molecule has 3 aliphatic heterocycles. The molecule has 1 fully saturated rings. The molecule has 194 valence electrons. The second-order valence-electron chi connectivity index (χ2n) is 10.1. The van der Waals surface area contributed by atoms with Gasteiger partial charge in [-0.05, 0) is 61.9 Å². The highest BCUT2D eigenvalue weighted by Gasteiger charge is 2.24. The number of aliphatic hydroxyl groups is 1. The number of fused-ring (bicyclic) bond motifs is 2. The lowest BCUT2D eigenvalue weighted by Crippen LogP contribution is -2.36. The van der Waals surface area contributed by atoms with Gasteiger partial charge < -0.3 is 30.3 Å². The lowest BCUT2D eigenvalue weighted by molar-refractivity contribution is 0.145. The summed E-state index contributed by atoms with van der Waals surface area (Å²) in [6.45, 7) is 9.17. The fourth-order valence-electron chi connectivity index (χ4n) is 5.59. The third kappa shape index (κ3) is 4.75. The first-order chi connectivity index (χ1) is 18.1. The van der Waals surface area contributed by atoms with Crippen molar-refractivity contribution in [3.8, 4) is 5.88 Å². The van der Waals surface area contributed by atoms with Gasteiger partial charge in [0.1, 0.15) is 12.3 Å². The number of hydrogen-bond donors (Lipinski definition) is 3. The van der Waals surface area contributed by atoms with Crippen LogP contribution in [-0.2, 0) is 19.4 Å². The van der Waals surface area contributed by atoms with E-state index in [-0.39, 0.29) is 6.10 Å². The molecular weight excluding hydrogens is 466 g/mol. The van der Waals surface area contributed by atoms with Crippen LogP contribution in [0.2, 0.25) is 0 Å². The molecule has 0 bridgehead atoms. The van der Waals surface area contributed by atoms with Crippen molar-refractivity contribution >= 4 is 28.7 Å². The maximum atomic E-state index is 9.87. The van der Waals surface area contributed by atoms with E-state index in [1.807, 2.05) is 12.4 Å². The lowest BCUT2D eigenvalue weighted by atomic mass is 10.0. The summed E-state index contributed by atoms with van der Waals surface area (Å²) in [5.41, 5.74) is 9.06. The Bertz CT molecular complexity index is 1290. The average Bonchev–Trinajstić information content (AvgIpc) is 2.93. The van der Waals surface area contributed by atoms with E-state index < -0.39 is 0 Å². The summed E-state index contributed by atoms with van der Waals surface area (Å²) < 4.78 is 5.70. The molecule has 1 aromatic carbocycles. The first-order valence-electron chi connectivity index (χ1n) is 13.4. The second-order valence-corrected chi connectivity index (χ2v) is 10.1. The van der Waals surface area contributed by atoms with Crippen molar-refractivity contribution in [2.24, 2.45) is 0 Å². The van der Waals surface area contributed by atoms with Crippen LogP contribution >= 0.6 is 0 Å². The van der Waals surface area contributed by atoms with Crippen LogP contribution in [0.3, 0.4) is 0 Å². The normalized spacial score (nSPS) is 17.5. The highest BCUT2D eigenvalue weighted by atomic mass is 16.5. The van der Waals surface area contributed by atoms with Crippen molar-refractivity contribution in [1.29, 1.82) is 0 Å². The number of aromatic nitrogens is 3. The standard InChI is InChI=1S/C28H35N7O2/c1-3-19-14-21(4-5-24(19)34-11-7-22(36)8-12-34)32-28-31-15-20-6-10-35(17-23(20)33-28)25-16-30-27-26(18(25)2)29-9-13-37-27/h4-5,14-16,22,29,36H,3,6-13,17H2,1-2H3,(H,31,32,33). The molecule has 1 saturated heterocycles. The highest BCUT2D eigenvalue weighted by Crippen LogP contribution is 2.36. The van der Waals surface area contributed by atoms with E-state index in [1.165, 1.54) is 16.8 Å². The number of nitrogens with one attached hydrogen (secondary N) is 2. The number of anilines is 5. The molecule has 0 unspecified atom stereocenters. The minimum Gasteiger partial charge on any atom is -0.474 e. The summed E-state index contributed by atoms with van der Waals surface area (Å²) in [4.78, 5) is 18.8. The molecule has 0 radical (unpaired) electrons. The van der Waals surface area contributed by atoms with Crippen molar-refractivity contribution in [2.75, 3.05) is 53.2 Å². The number of pyridine rings is 1. The summed E-state index contributed by atoms with van der Waals surface area (Å²) in [5.74, 6) is 1.31. The topological polar surface area (TPSA) is 98.7 Å². The maximum Gasteiger partial charge on any atom is 0.237 e. The molecular formula is C28H35N7O2.